The zero-order valence-corrected chi connectivity index (χ0v) is 12.5. The zero-order valence-electron chi connectivity index (χ0n) is 12.5. The van der Waals surface area contributed by atoms with Crippen LogP contribution in [0, 0.1) is 5.92 Å². The maximum atomic E-state index is 12.6. The van der Waals surface area contributed by atoms with Gasteiger partial charge < -0.3 is 16.0 Å². The van der Waals surface area contributed by atoms with Gasteiger partial charge in [-0.3, -0.25) is 4.79 Å². The normalized spacial score (nSPS) is 18.3. The molecule has 5 nitrogen and oxygen atoms in total. The van der Waals surface area contributed by atoms with Gasteiger partial charge in [-0.15, -0.1) is 0 Å². The lowest BCUT2D eigenvalue weighted by atomic mass is 9.93. The molecule has 114 valence electrons. The number of likely N-dealkylation sites (tertiary alicyclic amines) is 1. The van der Waals surface area contributed by atoms with Crippen LogP contribution in [0.15, 0.2) is 24.3 Å². The summed E-state index contributed by atoms with van der Waals surface area (Å²) < 4.78 is 0. The SMILES string of the molecule is CCCC1CCCN(C(=O)c2cccc(NC(N)=O)c2)C1. The minimum absolute atomic E-state index is 0.0314. The summed E-state index contributed by atoms with van der Waals surface area (Å²) in [5.74, 6) is 0.642. The molecule has 3 N–H and O–H groups in total. The first-order valence-corrected chi connectivity index (χ1v) is 7.56. The number of rotatable bonds is 4. The van der Waals surface area contributed by atoms with E-state index >= 15 is 0 Å². The number of benzene rings is 1. The lowest BCUT2D eigenvalue weighted by molar-refractivity contribution is 0.0667. The number of nitrogens with one attached hydrogen (secondary N) is 1. The number of hydrogen-bond donors (Lipinski definition) is 2. The summed E-state index contributed by atoms with van der Waals surface area (Å²) in [6.07, 6.45) is 4.61. The third-order valence-electron chi connectivity index (χ3n) is 3.88. The van der Waals surface area contributed by atoms with Crippen LogP contribution in [0.1, 0.15) is 43.0 Å². The molecule has 0 bridgehead atoms. The van der Waals surface area contributed by atoms with E-state index in [1.165, 1.54) is 12.8 Å². The number of amides is 3. The van der Waals surface area contributed by atoms with E-state index in [1.54, 1.807) is 24.3 Å². The monoisotopic (exact) mass is 289 g/mol. The maximum absolute atomic E-state index is 12.6. The van der Waals surface area contributed by atoms with Crippen LogP contribution in [0.2, 0.25) is 0 Å². The van der Waals surface area contributed by atoms with Crippen molar-refractivity contribution in [3.8, 4) is 0 Å². The third kappa shape index (κ3) is 4.21. The molecule has 3 amide bonds. The summed E-state index contributed by atoms with van der Waals surface area (Å²) in [7, 11) is 0. The first-order chi connectivity index (χ1) is 10.1. The highest BCUT2D eigenvalue weighted by Crippen LogP contribution is 2.23. The van der Waals surface area contributed by atoms with Crippen molar-refractivity contribution < 1.29 is 9.59 Å². The van der Waals surface area contributed by atoms with Crippen molar-refractivity contribution in [3.63, 3.8) is 0 Å². The summed E-state index contributed by atoms with van der Waals surface area (Å²) in [6, 6.07) is 6.30. The number of carbonyl (C=O) groups excluding carboxylic acids is 2. The molecule has 0 aliphatic carbocycles. The molecule has 1 saturated heterocycles. The van der Waals surface area contributed by atoms with Crippen molar-refractivity contribution in [2.75, 3.05) is 18.4 Å². The Morgan fingerprint density at radius 1 is 1.43 bits per heavy atom. The second kappa shape index (κ2) is 7.11. The van der Waals surface area contributed by atoms with Crippen molar-refractivity contribution in [2.24, 2.45) is 11.7 Å². The molecule has 1 heterocycles. The highest BCUT2D eigenvalue weighted by Gasteiger charge is 2.24. The van der Waals surface area contributed by atoms with E-state index in [4.69, 9.17) is 5.73 Å². The van der Waals surface area contributed by atoms with Crippen LogP contribution in [0.3, 0.4) is 0 Å². The van der Waals surface area contributed by atoms with Gasteiger partial charge in [-0.25, -0.2) is 4.79 Å². The molecule has 1 aromatic carbocycles. The Bertz CT molecular complexity index is 514. The van der Waals surface area contributed by atoms with E-state index in [0.717, 1.165) is 25.9 Å². The number of hydrogen-bond acceptors (Lipinski definition) is 2. The first kappa shape index (κ1) is 15.4. The number of nitrogens with two attached hydrogens (primary N) is 1. The molecule has 5 heteroatoms. The molecule has 0 aromatic heterocycles. The highest BCUT2D eigenvalue weighted by atomic mass is 16.2. The fourth-order valence-corrected chi connectivity index (χ4v) is 2.95. The van der Waals surface area contributed by atoms with Crippen LogP contribution >= 0.6 is 0 Å². The van der Waals surface area contributed by atoms with Gasteiger partial charge in [0.25, 0.3) is 5.91 Å². The minimum atomic E-state index is -0.624. The van der Waals surface area contributed by atoms with E-state index in [2.05, 4.69) is 12.2 Å². The Morgan fingerprint density at radius 3 is 2.95 bits per heavy atom. The van der Waals surface area contributed by atoms with Crippen molar-refractivity contribution in [1.82, 2.24) is 4.90 Å². The molecule has 1 aliphatic heterocycles. The van der Waals surface area contributed by atoms with E-state index < -0.39 is 6.03 Å². The molecule has 1 fully saturated rings. The molecule has 1 aliphatic rings. The van der Waals surface area contributed by atoms with Crippen molar-refractivity contribution in [3.05, 3.63) is 29.8 Å². The topological polar surface area (TPSA) is 75.4 Å². The molecule has 1 aromatic rings. The largest absolute Gasteiger partial charge is 0.351 e. The molecule has 21 heavy (non-hydrogen) atoms. The van der Waals surface area contributed by atoms with Gasteiger partial charge in [0, 0.05) is 24.3 Å². The Labute approximate surface area is 125 Å². The van der Waals surface area contributed by atoms with Gasteiger partial charge in [-0.2, -0.15) is 0 Å². The molecular formula is C16H23N3O2. The standard InChI is InChI=1S/C16H23N3O2/c1-2-5-12-6-4-9-19(11-12)15(20)13-7-3-8-14(10-13)18-16(17)21/h3,7-8,10,12H,2,4-6,9,11H2,1H3,(H3,17,18,21). The lowest BCUT2D eigenvalue weighted by Gasteiger charge is -2.32. The second-order valence-corrected chi connectivity index (χ2v) is 5.62. The van der Waals surface area contributed by atoms with Crippen molar-refractivity contribution in [2.45, 2.75) is 32.6 Å². The van der Waals surface area contributed by atoms with Crippen molar-refractivity contribution >= 4 is 17.6 Å². The fraction of sp³-hybridized carbons (Fsp3) is 0.500. The number of nitrogens with zero attached hydrogens (tertiary/aromatic N) is 1. The summed E-state index contributed by atoms with van der Waals surface area (Å²) in [4.78, 5) is 25.4. The van der Waals surface area contributed by atoms with Crippen LogP contribution in [-0.4, -0.2) is 29.9 Å². The van der Waals surface area contributed by atoms with Gasteiger partial charge >= 0.3 is 6.03 Å². The maximum Gasteiger partial charge on any atom is 0.316 e. The van der Waals surface area contributed by atoms with Crippen LogP contribution < -0.4 is 11.1 Å². The van der Waals surface area contributed by atoms with Gasteiger partial charge in [0.05, 0.1) is 0 Å². The summed E-state index contributed by atoms with van der Waals surface area (Å²) >= 11 is 0. The number of urea groups is 1. The molecule has 0 saturated carbocycles. The predicted octanol–water partition coefficient (Wildman–Crippen LogP) is 2.83. The summed E-state index contributed by atoms with van der Waals surface area (Å²) in [5, 5.41) is 2.50. The van der Waals surface area contributed by atoms with Crippen LogP contribution in [0.25, 0.3) is 0 Å². The Morgan fingerprint density at radius 2 is 2.24 bits per heavy atom. The van der Waals surface area contributed by atoms with E-state index in [0.29, 0.717) is 17.2 Å². The second-order valence-electron chi connectivity index (χ2n) is 5.62. The smallest absolute Gasteiger partial charge is 0.316 e. The zero-order chi connectivity index (χ0) is 15.2. The van der Waals surface area contributed by atoms with Gasteiger partial charge in [0.1, 0.15) is 0 Å². The number of primary amides is 1. The van der Waals surface area contributed by atoms with Crippen LogP contribution in [-0.2, 0) is 0 Å². The average molecular weight is 289 g/mol. The summed E-state index contributed by atoms with van der Waals surface area (Å²) in [6.45, 7) is 3.83. The highest BCUT2D eigenvalue weighted by molar-refractivity contribution is 5.96. The first-order valence-electron chi connectivity index (χ1n) is 7.56. The Hall–Kier alpha value is -2.04. The van der Waals surface area contributed by atoms with Crippen LogP contribution in [0.4, 0.5) is 10.5 Å². The van der Waals surface area contributed by atoms with Gasteiger partial charge in [-0.1, -0.05) is 19.4 Å². The lowest BCUT2D eigenvalue weighted by Crippen LogP contribution is -2.39. The molecular weight excluding hydrogens is 266 g/mol. The van der Waals surface area contributed by atoms with E-state index in [-0.39, 0.29) is 5.91 Å². The molecule has 1 atom stereocenters. The molecule has 1 unspecified atom stereocenters. The number of piperidine rings is 1. The minimum Gasteiger partial charge on any atom is -0.351 e. The van der Waals surface area contributed by atoms with E-state index in [9.17, 15) is 9.59 Å². The Balaban J connectivity index is 2.06. The molecule has 0 radical (unpaired) electrons. The van der Waals surface area contributed by atoms with Crippen molar-refractivity contribution in [1.29, 1.82) is 0 Å². The van der Waals surface area contributed by atoms with Gasteiger partial charge in [0.15, 0.2) is 0 Å². The van der Waals surface area contributed by atoms with Crippen LogP contribution in [0.5, 0.6) is 0 Å². The quantitative estimate of drug-likeness (QED) is 0.894. The molecule has 2 rings (SSSR count). The number of carbonyl (C=O) groups is 2. The number of anilines is 1. The van der Waals surface area contributed by atoms with Gasteiger partial charge in [-0.05, 0) is 43.4 Å². The molecule has 0 spiro atoms. The van der Waals surface area contributed by atoms with Gasteiger partial charge in [0.2, 0.25) is 0 Å². The Kier molecular flexibility index (Phi) is 5.20. The predicted molar refractivity (Wildman–Crippen MR) is 83.2 cm³/mol. The average Bonchev–Trinajstić information content (AvgIpc) is 2.47. The summed E-state index contributed by atoms with van der Waals surface area (Å²) in [5.41, 5.74) is 6.25. The fourth-order valence-electron chi connectivity index (χ4n) is 2.95. The third-order valence-corrected chi connectivity index (χ3v) is 3.88. The van der Waals surface area contributed by atoms with E-state index in [1.807, 2.05) is 4.90 Å².